The lowest BCUT2D eigenvalue weighted by molar-refractivity contribution is -0.155. The quantitative estimate of drug-likeness (QED) is 0.218. The van der Waals surface area contributed by atoms with Gasteiger partial charge >= 0.3 is 13.6 Å². The molecule has 0 saturated carbocycles. The van der Waals surface area contributed by atoms with Crippen LogP contribution < -0.4 is 5.73 Å². The Kier molecular flexibility index (Phi) is 7.69. The molecular weight excluding hydrogens is 461 g/mol. The molecule has 3 rings (SSSR count). The van der Waals surface area contributed by atoms with E-state index < -0.39 is 50.6 Å². The summed E-state index contributed by atoms with van der Waals surface area (Å²) in [5.74, 6) is -2.55. The molecule has 1 aliphatic heterocycles. The highest BCUT2D eigenvalue weighted by molar-refractivity contribution is 7.53. The smallest absolute Gasteiger partial charge is 0.365 e. The molecule has 1 aliphatic rings. The molecule has 33 heavy (non-hydrogen) atoms. The molecule has 0 aromatic carbocycles. The number of carbonyl (C=O) groups excluding carboxylic acids is 1. The molecule has 2 aromatic rings. The first-order valence-corrected chi connectivity index (χ1v) is 12.0. The lowest BCUT2D eigenvalue weighted by Crippen LogP contribution is -2.36. The second-order valence-electron chi connectivity index (χ2n) is 8.02. The van der Waals surface area contributed by atoms with Crippen LogP contribution in [0.15, 0.2) is 6.33 Å². The summed E-state index contributed by atoms with van der Waals surface area (Å²) in [6.07, 6.45) is -3.46. The van der Waals surface area contributed by atoms with Crippen LogP contribution in [0.25, 0.3) is 11.2 Å². The number of anilines is 1. The first kappa shape index (κ1) is 25.4. The third kappa shape index (κ3) is 5.49. The highest BCUT2D eigenvalue weighted by Crippen LogP contribution is 2.43. The maximum Gasteiger partial charge on any atom is 0.365 e. The van der Waals surface area contributed by atoms with E-state index in [1.54, 1.807) is 0 Å². The van der Waals surface area contributed by atoms with Crippen molar-refractivity contribution < 1.29 is 43.6 Å². The molecule has 184 valence electrons. The number of rotatable bonds is 9. The normalized spacial score (nSPS) is 24.5. The number of aliphatic hydroxyl groups is 2. The molecule has 0 radical (unpaired) electrons. The number of hydrogen-bond donors (Lipinski definition) is 5. The van der Waals surface area contributed by atoms with Crippen molar-refractivity contribution in [3.8, 4) is 0 Å². The van der Waals surface area contributed by atoms with Gasteiger partial charge in [-0.1, -0.05) is 13.8 Å². The second kappa shape index (κ2) is 9.97. The number of carbonyl (C=O) groups is 1. The Balaban J connectivity index is 1.82. The largest absolute Gasteiger partial charge is 0.464 e. The zero-order chi connectivity index (χ0) is 24.5. The molecule has 1 unspecified atom stereocenters. The van der Waals surface area contributed by atoms with E-state index in [4.69, 9.17) is 15.2 Å². The van der Waals surface area contributed by atoms with Crippen molar-refractivity contribution in [1.82, 2.24) is 19.5 Å². The van der Waals surface area contributed by atoms with Crippen LogP contribution >= 0.6 is 7.60 Å². The Bertz CT molecular complexity index is 1040. The first-order chi connectivity index (χ1) is 15.4. The predicted octanol–water partition coefficient (Wildman–Crippen LogP) is -0.690. The van der Waals surface area contributed by atoms with E-state index in [2.05, 4.69) is 19.7 Å². The summed E-state index contributed by atoms with van der Waals surface area (Å²) in [5, 5.41) is 21.0. The molecule has 15 heteroatoms. The fraction of sp³-hybridized carbons (Fsp3) is 0.667. The van der Waals surface area contributed by atoms with E-state index >= 15 is 0 Å². The summed E-state index contributed by atoms with van der Waals surface area (Å²) in [4.78, 5) is 43.5. The van der Waals surface area contributed by atoms with Crippen molar-refractivity contribution in [1.29, 1.82) is 0 Å². The molecule has 1 saturated heterocycles. The summed E-state index contributed by atoms with van der Waals surface area (Å²) < 4.78 is 28.4. The summed E-state index contributed by atoms with van der Waals surface area (Å²) in [5.41, 5.74) is 6.57. The van der Waals surface area contributed by atoms with E-state index in [1.807, 2.05) is 13.8 Å². The van der Waals surface area contributed by atoms with Gasteiger partial charge in [-0.3, -0.25) is 9.13 Å². The van der Waals surface area contributed by atoms with E-state index in [1.165, 1.54) is 17.8 Å². The van der Waals surface area contributed by atoms with Gasteiger partial charge in [0.25, 0.3) is 5.85 Å². The van der Waals surface area contributed by atoms with Crippen molar-refractivity contribution in [2.24, 2.45) is 5.92 Å². The minimum absolute atomic E-state index is 0.112. The van der Waals surface area contributed by atoms with Gasteiger partial charge in [0.05, 0.1) is 19.5 Å². The summed E-state index contributed by atoms with van der Waals surface area (Å²) >= 11 is 0. The van der Waals surface area contributed by atoms with Crippen LogP contribution in [0.5, 0.6) is 0 Å². The predicted molar refractivity (Wildman–Crippen MR) is 113 cm³/mol. The fourth-order valence-corrected chi connectivity index (χ4v) is 4.06. The maximum absolute atomic E-state index is 11.8. The van der Waals surface area contributed by atoms with Crippen LogP contribution in [-0.4, -0.2) is 82.9 Å². The molecule has 1 fully saturated rings. The monoisotopic (exact) mass is 489 g/mol. The van der Waals surface area contributed by atoms with Gasteiger partial charge in [0.2, 0.25) is 0 Å². The summed E-state index contributed by atoms with van der Waals surface area (Å²) in [6, 6.07) is 0. The van der Waals surface area contributed by atoms with Crippen molar-refractivity contribution >= 4 is 30.5 Å². The third-order valence-corrected chi connectivity index (χ3v) is 5.88. The Morgan fingerprint density at radius 3 is 2.61 bits per heavy atom. The SMILES string of the molecule is CCOC(=O)C(OC[C@H]1O[C@@H](n2cnc3c(N)nc(CC(C)C)nc32)[C@H](O)[C@@H]1O)P(=O)(O)O. The Hall–Kier alpha value is -2.19. The molecule has 0 aliphatic carbocycles. The Labute approximate surface area is 188 Å². The number of aliphatic hydroxyl groups excluding tert-OH is 2. The zero-order valence-corrected chi connectivity index (χ0v) is 19.2. The highest BCUT2D eigenvalue weighted by atomic mass is 31.2. The lowest BCUT2D eigenvalue weighted by atomic mass is 10.1. The number of nitrogen functional groups attached to an aromatic ring is 1. The highest BCUT2D eigenvalue weighted by Gasteiger charge is 2.46. The maximum atomic E-state index is 11.8. The van der Waals surface area contributed by atoms with Gasteiger partial charge in [0.1, 0.15) is 29.7 Å². The molecule has 2 aromatic heterocycles. The number of esters is 1. The fourth-order valence-electron chi connectivity index (χ4n) is 3.43. The van der Waals surface area contributed by atoms with Gasteiger partial charge in [-0.05, 0) is 12.8 Å². The van der Waals surface area contributed by atoms with Crippen molar-refractivity contribution in [2.45, 2.75) is 57.6 Å². The van der Waals surface area contributed by atoms with E-state index in [-0.39, 0.29) is 29.5 Å². The van der Waals surface area contributed by atoms with Crippen molar-refractivity contribution in [3.63, 3.8) is 0 Å². The Morgan fingerprint density at radius 2 is 2.00 bits per heavy atom. The summed E-state index contributed by atoms with van der Waals surface area (Å²) in [7, 11) is -5.01. The molecular formula is C18H28N5O9P. The molecule has 5 atom stereocenters. The third-order valence-electron chi connectivity index (χ3n) is 4.91. The number of nitrogens with two attached hydrogens (primary N) is 1. The van der Waals surface area contributed by atoms with E-state index in [0.717, 1.165) is 0 Å². The lowest BCUT2D eigenvalue weighted by Gasteiger charge is -2.20. The van der Waals surface area contributed by atoms with Gasteiger partial charge in [0, 0.05) is 6.42 Å². The average molecular weight is 489 g/mol. The summed E-state index contributed by atoms with van der Waals surface area (Å²) in [6.45, 7) is 4.74. The van der Waals surface area contributed by atoms with E-state index in [0.29, 0.717) is 12.2 Å². The van der Waals surface area contributed by atoms with Crippen molar-refractivity contribution in [2.75, 3.05) is 18.9 Å². The van der Waals surface area contributed by atoms with Gasteiger partial charge in [-0.15, -0.1) is 0 Å². The minimum Gasteiger partial charge on any atom is -0.464 e. The first-order valence-electron chi connectivity index (χ1n) is 10.3. The number of imidazole rings is 1. The van der Waals surface area contributed by atoms with Crippen LogP contribution in [0.1, 0.15) is 32.8 Å². The number of hydrogen-bond acceptors (Lipinski definition) is 11. The van der Waals surface area contributed by atoms with Crippen LogP contribution in [0.2, 0.25) is 0 Å². The van der Waals surface area contributed by atoms with Gasteiger partial charge in [0.15, 0.2) is 17.7 Å². The topological polar surface area (TPSA) is 212 Å². The number of fused-ring (bicyclic) bond motifs is 1. The minimum atomic E-state index is -5.01. The van der Waals surface area contributed by atoms with Crippen LogP contribution in [-0.2, 0) is 30.0 Å². The molecule has 14 nitrogen and oxygen atoms in total. The number of nitrogens with zero attached hydrogens (tertiary/aromatic N) is 4. The van der Waals surface area contributed by atoms with Gasteiger partial charge in [-0.25, -0.2) is 19.7 Å². The van der Waals surface area contributed by atoms with Crippen LogP contribution in [0, 0.1) is 5.92 Å². The molecule has 0 bridgehead atoms. The van der Waals surface area contributed by atoms with Crippen molar-refractivity contribution in [3.05, 3.63) is 12.2 Å². The van der Waals surface area contributed by atoms with Crippen LogP contribution in [0.4, 0.5) is 5.82 Å². The molecule has 0 spiro atoms. The molecule has 0 amide bonds. The zero-order valence-electron chi connectivity index (χ0n) is 18.3. The van der Waals surface area contributed by atoms with Crippen LogP contribution in [0.3, 0.4) is 0 Å². The standard InChI is InChI=1S/C18H28N5O9P/c1-4-30-17(26)18(33(27,28)29)31-6-9-12(24)13(25)16(32-9)23-7-20-11-14(19)21-10(5-8(2)3)22-15(11)23/h7-9,12-13,16,18,24-25H,4-6H2,1-3H3,(H2,19,21,22)(H2,27,28,29)/t9-,12-,13-,16-,18?/m1/s1. The van der Waals surface area contributed by atoms with E-state index in [9.17, 15) is 29.4 Å². The number of ether oxygens (including phenoxy) is 3. The van der Waals surface area contributed by atoms with Gasteiger partial charge < -0.3 is 39.9 Å². The average Bonchev–Trinajstić information content (AvgIpc) is 3.23. The number of aromatic nitrogens is 4. The second-order valence-corrected chi connectivity index (χ2v) is 9.67. The Morgan fingerprint density at radius 1 is 1.30 bits per heavy atom. The van der Waals surface area contributed by atoms with Gasteiger partial charge in [-0.2, -0.15) is 0 Å². The molecule has 6 N–H and O–H groups in total. The molecule has 3 heterocycles.